The molecular formula is C18H15N3O4. The Morgan fingerprint density at radius 3 is 2.32 bits per heavy atom. The Balaban J connectivity index is 1.74. The Hall–Kier alpha value is -3.22. The molecule has 126 valence electrons. The summed E-state index contributed by atoms with van der Waals surface area (Å²) in [6, 6.07) is 11.4. The second kappa shape index (κ2) is 5.70. The van der Waals surface area contributed by atoms with Crippen molar-refractivity contribution in [1.82, 2.24) is 0 Å². The van der Waals surface area contributed by atoms with Crippen molar-refractivity contribution < 1.29 is 9.85 Å². The maximum absolute atomic E-state index is 11.1. The first kappa shape index (κ1) is 15.3. The van der Waals surface area contributed by atoms with Crippen LogP contribution in [0.2, 0.25) is 0 Å². The van der Waals surface area contributed by atoms with Gasteiger partial charge in [0.2, 0.25) is 0 Å². The average Bonchev–Trinajstić information content (AvgIpc) is 3.10. The molecule has 0 fully saturated rings. The number of hydrogen-bond acceptors (Lipinski definition) is 5. The number of allylic oxidation sites excluding steroid dienone is 2. The number of fused-ring (bicyclic) bond motifs is 3. The van der Waals surface area contributed by atoms with Crippen molar-refractivity contribution in [2.24, 2.45) is 5.92 Å². The van der Waals surface area contributed by atoms with E-state index in [1.165, 1.54) is 18.2 Å². The molecule has 7 heteroatoms. The Labute approximate surface area is 143 Å². The third kappa shape index (κ3) is 2.53. The molecular weight excluding hydrogens is 322 g/mol. The van der Waals surface area contributed by atoms with Crippen molar-refractivity contribution in [1.29, 1.82) is 0 Å². The van der Waals surface area contributed by atoms with Gasteiger partial charge in [0.05, 0.1) is 15.9 Å². The van der Waals surface area contributed by atoms with E-state index < -0.39 is 9.85 Å². The highest BCUT2D eigenvalue weighted by Gasteiger charge is 2.38. The van der Waals surface area contributed by atoms with Crippen LogP contribution in [0.15, 0.2) is 54.6 Å². The van der Waals surface area contributed by atoms with E-state index in [0.717, 1.165) is 23.2 Å². The van der Waals surface area contributed by atoms with Gasteiger partial charge in [0.15, 0.2) is 0 Å². The molecule has 25 heavy (non-hydrogen) atoms. The lowest BCUT2D eigenvalue weighted by Gasteiger charge is -2.37. The number of anilines is 1. The van der Waals surface area contributed by atoms with Gasteiger partial charge in [0.25, 0.3) is 11.4 Å². The van der Waals surface area contributed by atoms with Crippen LogP contribution in [0.5, 0.6) is 0 Å². The SMILES string of the molecule is O=[N+]([O-])c1ccc([C@@H]2Nc3cc([N+](=O)[O-])ccc3[C@H]3C=CC[C@H]32)cc1. The molecule has 1 aliphatic heterocycles. The third-order valence-corrected chi connectivity index (χ3v) is 5.02. The Morgan fingerprint density at radius 2 is 1.64 bits per heavy atom. The van der Waals surface area contributed by atoms with E-state index in [-0.39, 0.29) is 29.3 Å². The maximum Gasteiger partial charge on any atom is 0.271 e. The quantitative estimate of drug-likeness (QED) is 0.510. The molecule has 0 saturated heterocycles. The largest absolute Gasteiger partial charge is 0.377 e. The number of nitrogens with zero attached hydrogens (tertiary/aromatic N) is 2. The molecule has 4 rings (SSSR count). The molecule has 1 N–H and O–H groups in total. The van der Waals surface area contributed by atoms with Crippen molar-refractivity contribution in [3.8, 4) is 0 Å². The van der Waals surface area contributed by atoms with Crippen LogP contribution in [-0.4, -0.2) is 9.85 Å². The molecule has 1 aliphatic carbocycles. The molecule has 0 bridgehead atoms. The second-order valence-electron chi connectivity index (χ2n) is 6.35. The van der Waals surface area contributed by atoms with Crippen LogP contribution < -0.4 is 5.32 Å². The van der Waals surface area contributed by atoms with E-state index in [4.69, 9.17) is 0 Å². The number of nitro benzene ring substituents is 2. The van der Waals surface area contributed by atoms with Gasteiger partial charge < -0.3 is 5.32 Å². The van der Waals surface area contributed by atoms with Crippen LogP contribution in [0.25, 0.3) is 0 Å². The van der Waals surface area contributed by atoms with Crippen molar-refractivity contribution in [3.63, 3.8) is 0 Å². The summed E-state index contributed by atoms with van der Waals surface area (Å²) in [5, 5.41) is 25.3. The number of hydrogen-bond donors (Lipinski definition) is 1. The zero-order chi connectivity index (χ0) is 17.6. The number of rotatable bonds is 3. The number of benzene rings is 2. The van der Waals surface area contributed by atoms with Gasteiger partial charge in [-0.25, -0.2) is 0 Å². The summed E-state index contributed by atoms with van der Waals surface area (Å²) in [5.41, 5.74) is 2.86. The summed E-state index contributed by atoms with van der Waals surface area (Å²) < 4.78 is 0. The molecule has 0 aromatic heterocycles. The highest BCUT2D eigenvalue weighted by molar-refractivity contribution is 5.63. The average molecular weight is 337 g/mol. The van der Waals surface area contributed by atoms with Gasteiger partial charge in [-0.3, -0.25) is 20.2 Å². The predicted octanol–water partition coefficient (Wildman–Crippen LogP) is 4.33. The molecule has 0 amide bonds. The molecule has 0 radical (unpaired) electrons. The Morgan fingerprint density at radius 1 is 0.960 bits per heavy atom. The highest BCUT2D eigenvalue weighted by Crippen LogP contribution is 2.50. The van der Waals surface area contributed by atoms with E-state index in [9.17, 15) is 20.2 Å². The van der Waals surface area contributed by atoms with Crippen molar-refractivity contribution >= 4 is 17.1 Å². The predicted molar refractivity (Wildman–Crippen MR) is 92.5 cm³/mol. The van der Waals surface area contributed by atoms with Crippen LogP contribution >= 0.6 is 0 Å². The molecule has 2 aromatic carbocycles. The Bertz CT molecular complexity index is 892. The Kier molecular flexibility index (Phi) is 3.49. The molecule has 2 aromatic rings. The van der Waals surface area contributed by atoms with Gasteiger partial charge in [0, 0.05) is 35.9 Å². The van der Waals surface area contributed by atoms with Crippen LogP contribution in [0, 0.1) is 26.1 Å². The first-order valence-electron chi connectivity index (χ1n) is 8.00. The minimum absolute atomic E-state index is 0.0460. The second-order valence-corrected chi connectivity index (χ2v) is 6.35. The minimum Gasteiger partial charge on any atom is -0.377 e. The van der Waals surface area contributed by atoms with Crippen LogP contribution in [0.1, 0.15) is 29.5 Å². The molecule has 0 saturated carbocycles. The standard InChI is InChI=1S/C18H15N3O4/c22-20(23)12-6-4-11(5-7-12)18-16-3-1-2-14(16)15-9-8-13(21(24)25)10-17(15)19-18/h1-2,4-10,14,16,18-19H,3H2/t14-,16-,18+/m1/s1. The fourth-order valence-electron chi connectivity index (χ4n) is 3.83. The van der Waals surface area contributed by atoms with Gasteiger partial charge >= 0.3 is 0 Å². The molecule has 0 unspecified atom stereocenters. The highest BCUT2D eigenvalue weighted by atomic mass is 16.6. The fourth-order valence-corrected chi connectivity index (χ4v) is 3.83. The van der Waals surface area contributed by atoms with Gasteiger partial charge in [-0.1, -0.05) is 24.3 Å². The van der Waals surface area contributed by atoms with Crippen molar-refractivity contribution in [2.75, 3.05) is 5.32 Å². The lowest BCUT2D eigenvalue weighted by atomic mass is 9.77. The monoisotopic (exact) mass is 337 g/mol. The summed E-state index contributed by atoms with van der Waals surface area (Å²) in [6.07, 6.45) is 5.18. The summed E-state index contributed by atoms with van der Waals surface area (Å²) in [6.45, 7) is 0. The fraction of sp³-hybridized carbons (Fsp3) is 0.222. The molecule has 7 nitrogen and oxygen atoms in total. The van der Waals surface area contributed by atoms with E-state index in [2.05, 4.69) is 17.5 Å². The van der Waals surface area contributed by atoms with E-state index in [1.807, 2.05) is 6.07 Å². The number of nitro groups is 2. The first-order chi connectivity index (χ1) is 12.0. The lowest BCUT2D eigenvalue weighted by molar-refractivity contribution is -0.385. The van der Waals surface area contributed by atoms with Gasteiger partial charge in [-0.05, 0) is 29.5 Å². The molecule has 3 atom stereocenters. The van der Waals surface area contributed by atoms with Gasteiger partial charge in [-0.15, -0.1) is 0 Å². The molecule has 2 aliphatic rings. The van der Waals surface area contributed by atoms with Gasteiger partial charge in [0.1, 0.15) is 0 Å². The minimum atomic E-state index is -0.420. The third-order valence-electron chi connectivity index (χ3n) is 5.02. The number of non-ortho nitro benzene ring substituents is 2. The summed E-state index contributed by atoms with van der Waals surface area (Å²) in [4.78, 5) is 21.1. The first-order valence-corrected chi connectivity index (χ1v) is 8.00. The van der Waals surface area contributed by atoms with E-state index >= 15 is 0 Å². The zero-order valence-electron chi connectivity index (χ0n) is 13.2. The van der Waals surface area contributed by atoms with Crippen LogP contribution in [0.4, 0.5) is 17.1 Å². The zero-order valence-corrected chi connectivity index (χ0v) is 13.2. The summed E-state index contributed by atoms with van der Waals surface area (Å²) in [7, 11) is 0. The topological polar surface area (TPSA) is 98.3 Å². The van der Waals surface area contributed by atoms with Crippen molar-refractivity contribution in [2.45, 2.75) is 18.4 Å². The maximum atomic E-state index is 11.1. The normalized spacial score (nSPS) is 23.4. The molecule has 0 spiro atoms. The smallest absolute Gasteiger partial charge is 0.271 e. The molecule has 1 heterocycles. The van der Waals surface area contributed by atoms with Gasteiger partial charge in [-0.2, -0.15) is 0 Å². The van der Waals surface area contributed by atoms with Crippen LogP contribution in [0.3, 0.4) is 0 Å². The van der Waals surface area contributed by atoms with Crippen molar-refractivity contribution in [3.05, 3.63) is 86.0 Å². The van der Waals surface area contributed by atoms with E-state index in [1.54, 1.807) is 18.2 Å². The van der Waals surface area contributed by atoms with E-state index in [0.29, 0.717) is 0 Å². The number of nitrogens with one attached hydrogen (secondary N) is 1. The summed E-state index contributed by atoms with van der Waals surface area (Å²) in [5.74, 6) is 0.479. The summed E-state index contributed by atoms with van der Waals surface area (Å²) >= 11 is 0. The lowest BCUT2D eigenvalue weighted by Crippen LogP contribution is -2.29. The van der Waals surface area contributed by atoms with Crippen LogP contribution in [-0.2, 0) is 0 Å².